The number of hydrogen-bond acceptors (Lipinski definition) is 3. The third-order valence-corrected chi connectivity index (χ3v) is 3.95. The lowest BCUT2D eigenvalue weighted by atomic mass is 10.1. The molecule has 3 nitrogen and oxygen atoms in total. The van der Waals surface area contributed by atoms with Crippen LogP contribution in [0, 0.1) is 6.92 Å². The minimum atomic E-state index is -0.631. The van der Waals surface area contributed by atoms with Crippen LogP contribution in [0.15, 0.2) is 48.5 Å². The Kier molecular flexibility index (Phi) is 4.46. The Labute approximate surface area is 131 Å². The third kappa shape index (κ3) is 3.49. The molecule has 3 heteroatoms. The van der Waals surface area contributed by atoms with Crippen LogP contribution in [0.2, 0.25) is 0 Å². The van der Waals surface area contributed by atoms with E-state index in [1.54, 1.807) is 0 Å². The Hall–Kier alpha value is -1.84. The molecule has 0 aliphatic carbocycles. The normalized spacial score (nSPS) is 17.2. The van der Waals surface area contributed by atoms with Crippen molar-refractivity contribution in [1.82, 2.24) is 0 Å². The summed E-state index contributed by atoms with van der Waals surface area (Å²) in [4.78, 5) is 0. The second-order valence-electron chi connectivity index (χ2n) is 5.79. The molecule has 22 heavy (non-hydrogen) atoms. The molecule has 0 saturated carbocycles. The van der Waals surface area contributed by atoms with E-state index in [1.165, 1.54) is 11.1 Å². The lowest BCUT2D eigenvalue weighted by Crippen LogP contribution is -2.34. The molecular weight excluding hydrogens is 276 g/mol. The van der Waals surface area contributed by atoms with E-state index in [0.29, 0.717) is 6.61 Å². The van der Waals surface area contributed by atoms with Crippen LogP contribution in [0.5, 0.6) is 5.75 Å². The van der Waals surface area contributed by atoms with Gasteiger partial charge < -0.3 is 14.2 Å². The fraction of sp³-hybridized carbons (Fsp3) is 0.368. The summed E-state index contributed by atoms with van der Waals surface area (Å²) in [6.07, 6.45) is 0.952. The molecular formula is C19H22O3. The van der Waals surface area contributed by atoms with Crippen molar-refractivity contribution in [3.8, 4) is 5.75 Å². The van der Waals surface area contributed by atoms with Crippen molar-refractivity contribution in [1.29, 1.82) is 0 Å². The Morgan fingerprint density at radius 1 is 0.955 bits per heavy atom. The van der Waals surface area contributed by atoms with E-state index >= 15 is 0 Å². The van der Waals surface area contributed by atoms with Gasteiger partial charge >= 0.3 is 0 Å². The molecule has 1 fully saturated rings. The maximum absolute atomic E-state index is 5.83. The standard InChI is InChI=1S/C19H22O3/c1-15-4-6-16(7-5-15)14-20-18-10-8-17(9-11-18)19(2)21-12-3-13-22-19/h4-11H,3,12-14H2,1-2H3. The van der Waals surface area contributed by atoms with Crippen molar-refractivity contribution in [2.24, 2.45) is 0 Å². The molecule has 0 aromatic heterocycles. The average Bonchev–Trinajstić information content (AvgIpc) is 2.55. The number of aryl methyl sites for hydroxylation is 1. The summed E-state index contributed by atoms with van der Waals surface area (Å²) in [7, 11) is 0. The largest absolute Gasteiger partial charge is 0.489 e. The van der Waals surface area contributed by atoms with Crippen molar-refractivity contribution in [2.75, 3.05) is 13.2 Å². The number of ether oxygens (including phenoxy) is 3. The fourth-order valence-corrected chi connectivity index (χ4v) is 2.51. The second kappa shape index (κ2) is 6.51. The quantitative estimate of drug-likeness (QED) is 0.847. The van der Waals surface area contributed by atoms with Gasteiger partial charge in [-0.25, -0.2) is 0 Å². The van der Waals surface area contributed by atoms with Crippen LogP contribution >= 0.6 is 0 Å². The monoisotopic (exact) mass is 298 g/mol. The molecule has 0 spiro atoms. The molecule has 1 heterocycles. The topological polar surface area (TPSA) is 27.7 Å². The van der Waals surface area contributed by atoms with Crippen molar-refractivity contribution >= 4 is 0 Å². The summed E-state index contributed by atoms with van der Waals surface area (Å²) in [6.45, 7) is 6.10. The van der Waals surface area contributed by atoms with E-state index in [9.17, 15) is 0 Å². The highest BCUT2D eigenvalue weighted by molar-refractivity contribution is 5.30. The van der Waals surface area contributed by atoms with E-state index in [1.807, 2.05) is 31.2 Å². The maximum Gasteiger partial charge on any atom is 0.191 e. The Morgan fingerprint density at radius 2 is 1.59 bits per heavy atom. The number of benzene rings is 2. The average molecular weight is 298 g/mol. The molecule has 3 rings (SSSR count). The molecule has 0 atom stereocenters. The molecule has 1 aliphatic rings. The predicted octanol–water partition coefficient (Wildman–Crippen LogP) is 4.18. The van der Waals surface area contributed by atoms with Gasteiger partial charge in [0.25, 0.3) is 0 Å². The molecule has 1 saturated heterocycles. The van der Waals surface area contributed by atoms with Crippen molar-refractivity contribution < 1.29 is 14.2 Å². The Balaban J connectivity index is 1.62. The summed E-state index contributed by atoms with van der Waals surface area (Å²) >= 11 is 0. The molecule has 0 amide bonds. The third-order valence-electron chi connectivity index (χ3n) is 3.95. The lowest BCUT2D eigenvalue weighted by Gasteiger charge is -2.34. The van der Waals surface area contributed by atoms with Gasteiger partial charge in [-0.15, -0.1) is 0 Å². The molecule has 2 aromatic carbocycles. The lowest BCUT2D eigenvalue weighted by molar-refractivity contribution is -0.264. The Bertz CT molecular complexity index is 596. The zero-order valence-electron chi connectivity index (χ0n) is 13.2. The van der Waals surface area contributed by atoms with Crippen LogP contribution in [0.1, 0.15) is 30.0 Å². The van der Waals surface area contributed by atoms with Crippen molar-refractivity contribution in [3.63, 3.8) is 0 Å². The predicted molar refractivity (Wildman–Crippen MR) is 85.8 cm³/mol. The van der Waals surface area contributed by atoms with Crippen LogP contribution in [-0.4, -0.2) is 13.2 Å². The fourth-order valence-electron chi connectivity index (χ4n) is 2.51. The van der Waals surface area contributed by atoms with Crippen LogP contribution < -0.4 is 4.74 Å². The SMILES string of the molecule is Cc1ccc(COc2ccc(C3(C)OCCCO3)cc2)cc1. The van der Waals surface area contributed by atoms with E-state index in [-0.39, 0.29) is 0 Å². The highest BCUT2D eigenvalue weighted by Gasteiger charge is 2.30. The highest BCUT2D eigenvalue weighted by atomic mass is 16.7. The summed E-state index contributed by atoms with van der Waals surface area (Å²) in [6, 6.07) is 16.3. The van der Waals surface area contributed by atoms with E-state index in [4.69, 9.17) is 14.2 Å². The van der Waals surface area contributed by atoms with Gasteiger partial charge in [0.1, 0.15) is 12.4 Å². The van der Waals surface area contributed by atoms with Gasteiger partial charge in [0, 0.05) is 5.56 Å². The van der Waals surface area contributed by atoms with Crippen LogP contribution in [0.25, 0.3) is 0 Å². The van der Waals surface area contributed by atoms with Gasteiger partial charge in [-0.3, -0.25) is 0 Å². The van der Waals surface area contributed by atoms with Crippen molar-refractivity contribution in [2.45, 2.75) is 32.7 Å². The van der Waals surface area contributed by atoms with Crippen LogP contribution in [0.3, 0.4) is 0 Å². The molecule has 2 aromatic rings. The van der Waals surface area contributed by atoms with Gasteiger partial charge in [-0.05, 0) is 50.1 Å². The number of rotatable bonds is 4. The maximum atomic E-state index is 5.83. The van der Waals surface area contributed by atoms with Gasteiger partial charge in [-0.2, -0.15) is 0 Å². The zero-order chi connectivity index (χ0) is 15.4. The van der Waals surface area contributed by atoms with Crippen LogP contribution in [0.4, 0.5) is 0 Å². The van der Waals surface area contributed by atoms with Gasteiger partial charge in [0.05, 0.1) is 13.2 Å². The minimum Gasteiger partial charge on any atom is -0.489 e. The van der Waals surface area contributed by atoms with E-state index < -0.39 is 5.79 Å². The second-order valence-corrected chi connectivity index (χ2v) is 5.79. The number of hydrogen-bond donors (Lipinski definition) is 0. The minimum absolute atomic E-state index is 0.573. The van der Waals surface area contributed by atoms with E-state index in [0.717, 1.165) is 30.9 Å². The molecule has 0 bridgehead atoms. The summed E-state index contributed by atoms with van der Waals surface area (Å²) < 4.78 is 17.4. The van der Waals surface area contributed by atoms with Crippen molar-refractivity contribution in [3.05, 3.63) is 65.2 Å². The zero-order valence-corrected chi connectivity index (χ0v) is 13.2. The van der Waals surface area contributed by atoms with E-state index in [2.05, 4.69) is 31.2 Å². The van der Waals surface area contributed by atoms with Gasteiger partial charge in [-0.1, -0.05) is 29.8 Å². The molecule has 0 unspecified atom stereocenters. The molecule has 1 aliphatic heterocycles. The van der Waals surface area contributed by atoms with Gasteiger partial charge in [0.15, 0.2) is 5.79 Å². The Morgan fingerprint density at radius 3 is 2.23 bits per heavy atom. The summed E-state index contributed by atoms with van der Waals surface area (Å²) in [5, 5.41) is 0. The first-order chi connectivity index (χ1) is 10.7. The first-order valence-electron chi connectivity index (χ1n) is 7.72. The molecule has 116 valence electrons. The molecule has 0 radical (unpaired) electrons. The van der Waals surface area contributed by atoms with Gasteiger partial charge in [0.2, 0.25) is 0 Å². The molecule has 0 N–H and O–H groups in total. The first kappa shape index (κ1) is 15.1. The smallest absolute Gasteiger partial charge is 0.191 e. The van der Waals surface area contributed by atoms with Crippen LogP contribution in [-0.2, 0) is 21.9 Å². The summed E-state index contributed by atoms with van der Waals surface area (Å²) in [5.41, 5.74) is 3.45. The summed E-state index contributed by atoms with van der Waals surface area (Å²) in [5.74, 6) is 0.219. The first-order valence-corrected chi connectivity index (χ1v) is 7.72. The highest BCUT2D eigenvalue weighted by Crippen LogP contribution is 2.31.